The molecule has 0 saturated carbocycles. The van der Waals surface area contributed by atoms with Gasteiger partial charge in [0.1, 0.15) is 5.76 Å². The third kappa shape index (κ3) is 4.13. The fourth-order valence-electron chi connectivity index (χ4n) is 2.15. The van der Waals surface area contributed by atoms with Crippen LogP contribution in [0, 0.1) is 0 Å². The molecule has 0 spiro atoms. The minimum absolute atomic E-state index is 0.0984. The molecule has 6 nitrogen and oxygen atoms in total. The van der Waals surface area contributed by atoms with Gasteiger partial charge in [0.2, 0.25) is 5.91 Å². The highest BCUT2D eigenvalue weighted by atomic mass is 16.3. The Morgan fingerprint density at radius 1 is 0.833 bits per heavy atom. The minimum Gasteiger partial charge on any atom is -0.469 e. The number of carbonyl (C=O) groups excluding carboxylic acids is 2. The third-order valence-electron chi connectivity index (χ3n) is 3.35. The zero-order valence-corrected chi connectivity index (χ0v) is 12.8. The molecule has 122 valence electrons. The number of benzene rings is 1. The van der Waals surface area contributed by atoms with Gasteiger partial charge in [-0.25, -0.2) is 0 Å². The van der Waals surface area contributed by atoms with E-state index in [1.165, 1.54) is 6.26 Å². The largest absolute Gasteiger partial charge is 0.469 e. The SMILES string of the molecule is O=C(CCc1ccco1)Nc1ccc(NC(=O)c2ccco2)cc1. The van der Waals surface area contributed by atoms with Crippen LogP contribution in [-0.2, 0) is 11.2 Å². The van der Waals surface area contributed by atoms with Crippen LogP contribution < -0.4 is 10.6 Å². The summed E-state index contributed by atoms with van der Waals surface area (Å²) < 4.78 is 10.2. The molecule has 0 radical (unpaired) electrons. The smallest absolute Gasteiger partial charge is 0.291 e. The Morgan fingerprint density at radius 3 is 2.12 bits per heavy atom. The highest BCUT2D eigenvalue weighted by Gasteiger charge is 2.09. The van der Waals surface area contributed by atoms with Crippen molar-refractivity contribution in [2.24, 2.45) is 0 Å². The van der Waals surface area contributed by atoms with Crippen molar-refractivity contribution >= 4 is 23.2 Å². The van der Waals surface area contributed by atoms with Gasteiger partial charge in [-0.05, 0) is 48.5 Å². The summed E-state index contributed by atoms with van der Waals surface area (Å²) in [4.78, 5) is 23.7. The molecule has 2 aromatic heterocycles. The number of amides is 2. The van der Waals surface area contributed by atoms with Gasteiger partial charge in [-0.1, -0.05) is 0 Å². The average molecular weight is 324 g/mol. The van der Waals surface area contributed by atoms with Crippen molar-refractivity contribution in [3.63, 3.8) is 0 Å². The fraction of sp³-hybridized carbons (Fsp3) is 0.111. The Hall–Kier alpha value is -3.28. The van der Waals surface area contributed by atoms with E-state index < -0.39 is 0 Å². The lowest BCUT2D eigenvalue weighted by atomic mass is 10.2. The van der Waals surface area contributed by atoms with Crippen molar-refractivity contribution < 1.29 is 18.4 Å². The number of hydrogen-bond donors (Lipinski definition) is 2. The normalized spacial score (nSPS) is 10.3. The summed E-state index contributed by atoms with van der Waals surface area (Å²) in [6, 6.07) is 13.7. The second-order valence-corrected chi connectivity index (χ2v) is 5.14. The van der Waals surface area contributed by atoms with Gasteiger partial charge < -0.3 is 19.5 Å². The van der Waals surface area contributed by atoms with Gasteiger partial charge >= 0.3 is 0 Å². The molecular formula is C18H16N2O4. The lowest BCUT2D eigenvalue weighted by Gasteiger charge is -2.07. The van der Waals surface area contributed by atoms with Gasteiger partial charge in [0.05, 0.1) is 12.5 Å². The second-order valence-electron chi connectivity index (χ2n) is 5.14. The van der Waals surface area contributed by atoms with Gasteiger partial charge in [0, 0.05) is 24.2 Å². The van der Waals surface area contributed by atoms with Crippen LogP contribution in [0.4, 0.5) is 11.4 Å². The summed E-state index contributed by atoms with van der Waals surface area (Å²) >= 11 is 0. The lowest BCUT2D eigenvalue weighted by Crippen LogP contribution is -2.13. The molecule has 0 atom stereocenters. The number of rotatable bonds is 6. The molecule has 0 aliphatic heterocycles. The Labute approximate surface area is 138 Å². The number of aryl methyl sites for hydroxylation is 1. The van der Waals surface area contributed by atoms with Gasteiger partial charge in [-0.3, -0.25) is 9.59 Å². The predicted molar refractivity (Wildman–Crippen MR) is 88.8 cm³/mol. The Balaban J connectivity index is 1.50. The molecule has 0 unspecified atom stereocenters. The summed E-state index contributed by atoms with van der Waals surface area (Å²) in [5, 5.41) is 5.51. The zero-order valence-electron chi connectivity index (χ0n) is 12.8. The first kappa shape index (κ1) is 15.6. The number of carbonyl (C=O) groups is 2. The second kappa shape index (κ2) is 7.32. The van der Waals surface area contributed by atoms with Gasteiger partial charge in [0.25, 0.3) is 5.91 Å². The fourth-order valence-corrected chi connectivity index (χ4v) is 2.15. The highest BCUT2D eigenvalue weighted by molar-refractivity contribution is 6.02. The van der Waals surface area contributed by atoms with Crippen LogP contribution in [0.15, 0.2) is 69.9 Å². The summed E-state index contributed by atoms with van der Waals surface area (Å²) in [5.74, 6) is 0.598. The molecule has 24 heavy (non-hydrogen) atoms. The van der Waals surface area contributed by atoms with E-state index in [1.807, 2.05) is 6.07 Å². The topological polar surface area (TPSA) is 84.5 Å². The molecule has 0 bridgehead atoms. The first-order valence-corrected chi connectivity index (χ1v) is 7.48. The van der Waals surface area contributed by atoms with Crippen LogP contribution >= 0.6 is 0 Å². The number of hydrogen-bond acceptors (Lipinski definition) is 4. The highest BCUT2D eigenvalue weighted by Crippen LogP contribution is 2.15. The average Bonchev–Trinajstić information content (AvgIpc) is 3.28. The van der Waals surface area contributed by atoms with Crippen LogP contribution in [0.25, 0.3) is 0 Å². The molecule has 2 heterocycles. The zero-order chi connectivity index (χ0) is 16.8. The van der Waals surface area contributed by atoms with E-state index in [-0.39, 0.29) is 17.6 Å². The van der Waals surface area contributed by atoms with Crippen molar-refractivity contribution in [3.8, 4) is 0 Å². The summed E-state index contributed by atoms with van der Waals surface area (Å²) in [7, 11) is 0. The number of anilines is 2. The van der Waals surface area contributed by atoms with Crippen molar-refractivity contribution in [2.75, 3.05) is 10.6 Å². The maximum Gasteiger partial charge on any atom is 0.291 e. The minimum atomic E-state index is -0.324. The first-order valence-electron chi connectivity index (χ1n) is 7.48. The Kier molecular flexibility index (Phi) is 4.76. The summed E-state index contributed by atoms with van der Waals surface area (Å²) in [6.07, 6.45) is 3.92. The molecule has 0 saturated heterocycles. The van der Waals surface area contributed by atoms with E-state index >= 15 is 0 Å². The van der Waals surface area contributed by atoms with E-state index in [9.17, 15) is 9.59 Å². The van der Waals surface area contributed by atoms with Crippen molar-refractivity contribution in [3.05, 3.63) is 72.6 Å². The van der Waals surface area contributed by atoms with Crippen LogP contribution in [0.3, 0.4) is 0 Å². The van der Waals surface area contributed by atoms with Crippen molar-refractivity contribution in [1.82, 2.24) is 0 Å². The van der Waals surface area contributed by atoms with Crippen LogP contribution in [0.2, 0.25) is 0 Å². The number of furan rings is 2. The van der Waals surface area contributed by atoms with Gasteiger partial charge in [0.15, 0.2) is 5.76 Å². The van der Waals surface area contributed by atoms with Crippen LogP contribution in [0.1, 0.15) is 22.7 Å². The molecule has 2 N–H and O–H groups in total. The molecule has 3 aromatic rings. The maximum absolute atomic E-state index is 11.9. The maximum atomic E-state index is 11.9. The van der Waals surface area contributed by atoms with E-state index in [0.29, 0.717) is 24.2 Å². The lowest BCUT2D eigenvalue weighted by molar-refractivity contribution is -0.116. The molecular weight excluding hydrogens is 308 g/mol. The first-order chi connectivity index (χ1) is 11.7. The van der Waals surface area contributed by atoms with E-state index in [0.717, 1.165) is 5.76 Å². The van der Waals surface area contributed by atoms with Crippen molar-refractivity contribution in [2.45, 2.75) is 12.8 Å². The predicted octanol–water partition coefficient (Wildman–Crippen LogP) is 3.70. The molecule has 0 aliphatic carbocycles. The molecule has 0 fully saturated rings. The molecule has 1 aromatic carbocycles. The summed E-state index contributed by atoms with van der Waals surface area (Å²) in [6.45, 7) is 0. The number of nitrogens with one attached hydrogen (secondary N) is 2. The molecule has 2 amide bonds. The quantitative estimate of drug-likeness (QED) is 0.724. The molecule has 0 aliphatic rings. The molecule has 6 heteroatoms. The van der Waals surface area contributed by atoms with Crippen LogP contribution in [-0.4, -0.2) is 11.8 Å². The van der Waals surface area contributed by atoms with Crippen LogP contribution in [0.5, 0.6) is 0 Å². The monoisotopic (exact) mass is 324 g/mol. The van der Waals surface area contributed by atoms with E-state index in [2.05, 4.69) is 10.6 Å². The van der Waals surface area contributed by atoms with E-state index in [1.54, 1.807) is 48.7 Å². The Morgan fingerprint density at radius 2 is 1.50 bits per heavy atom. The molecule has 3 rings (SSSR count). The summed E-state index contributed by atoms with van der Waals surface area (Å²) in [5.41, 5.74) is 1.28. The standard InChI is InChI=1S/C18H16N2O4/c21-17(10-9-15-3-1-11-23-15)19-13-5-7-14(8-6-13)20-18(22)16-4-2-12-24-16/h1-8,11-12H,9-10H2,(H,19,21)(H,20,22). The third-order valence-corrected chi connectivity index (χ3v) is 3.35. The van der Waals surface area contributed by atoms with E-state index in [4.69, 9.17) is 8.83 Å². The van der Waals surface area contributed by atoms with Crippen molar-refractivity contribution in [1.29, 1.82) is 0 Å². The van der Waals surface area contributed by atoms with Gasteiger partial charge in [-0.15, -0.1) is 0 Å². The Bertz CT molecular complexity index is 790. The van der Waals surface area contributed by atoms with Gasteiger partial charge in [-0.2, -0.15) is 0 Å².